The van der Waals surface area contributed by atoms with Crippen LogP contribution < -0.4 is 20.7 Å². The van der Waals surface area contributed by atoms with Gasteiger partial charge >= 0.3 is 0 Å². The van der Waals surface area contributed by atoms with Gasteiger partial charge in [0, 0.05) is 18.9 Å². The lowest BCUT2D eigenvalue weighted by atomic mass is 10.1. The average Bonchev–Trinajstić information content (AvgIpc) is 2.96. The lowest BCUT2D eigenvalue weighted by Gasteiger charge is -2.18. The highest BCUT2D eigenvalue weighted by Crippen LogP contribution is 2.31. The van der Waals surface area contributed by atoms with E-state index in [2.05, 4.69) is 17.3 Å². The van der Waals surface area contributed by atoms with Crippen LogP contribution in [0.25, 0.3) is 0 Å². The first kappa shape index (κ1) is 14.4. The fourth-order valence-electron chi connectivity index (χ4n) is 2.20. The molecule has 2 aromatic rings. The van der Waals surface area contributed by atoms with Crippen molar-refractivity contribution in [1.29, 1.82) is 0 Å². The molecule has 1 atom stereocenters. The highest BCUT2D eigenvalue weighted by Gasteiger charge is 2.19. The molecule has 1 aromatic heterocycles. The van der Waals surface area contributed by atoms with E-state index in [0.717, 1.165) is 17.9 Å². The zero-order chi connectivity index (χ0) is 14.5. The number of nitrogens with two attached hydrogens (primary N) is 1. The van der Waals surface area contributed by atoms with Gasteiger partial charge in [0.1, 0.15) is 11.9 Å². The first-order valence-electron chi connectivity index (χ1n) is 6.44. The molecule has 6 heteroatoms. The third-order valence-corrected chi connectivity index (χ3v) is 3.25. The van der Waals surface area contributed by atoms with Crippen molar-refractivity contribution in [2.45, 2.75) is 19.5 Å². The molecule has 0 amide bonds. The number of hydrazine groups is 1. The summed E-state index contributed by atoms with van der Waals surface area (Å²) in [6.07, 6.45) is 3.70. The summed E-state index contributed by atoms with van der Waals surface area (Å²) in [5, 5.41) is 0. The summed E-state index contributed by atoms with van der Waals surface area (Å²) in [7, 11) is 3.22. The Bertz CT molecular complexity index is 568. The normalized spacial score (nSPS) is 12.2. The van der Waals surface area contributed by atoms with Crippen LogP contribution in [0.2, 0.25) is 0 Å². The summed E-state index contributed by atoms with van der Waals surface area (Å²) in [5.74, 6) is 7.92. The fourth-order valence-corrected chi connectivity index (χ4v) is 2.20. The predicted octanol–water partition coefficient (Wildman–Crippen LogP) is 1.47. The highest BCUT2D eigenvalue weighted by molar-refractivity contribution is 5.44. The summed E-state index contributed by atoms with van der Waals surface area (Å²) < 4.78 is 12.6. The molecule has 0 aliphatic heterocycles. The topological polar surface area (TPSA) is 74.3 Å². The van der Waals surface area contributed by atoms with Crippen molar-refractivity contribution in [3.63, 3.8) is 0 Å². The Morgan fingerprint density at radius 3 is 2.65 bits per heavy atom. The number of benzene rings is 1. The molecule has 2 rings (SSSR count). The molecule has 0 radical (unpaired) electrons. The summed E-state index contributed by atoms with van der Waals surface area (Å²) in [4.78, 5) is 4.38. The van der Waals surface area contributed by atoms with Gasteiger partial charge in [0.05, 0.1) is 14.2 Å². The molecule has 0 fully saturated rings. The number of nitrogens with one attached hydrogen (secondary N) is 1. The molecule has 0 bridgehead atoms. The predicted molar refractivity (Wildman–Crippen MR) is 76.6 cm³/mol. The van der Waals surface area contributed by atoms with Gasteiger partial charge in [0.2, 0.25) is 0 Å². The second-order valence-corrected chi connectivity index (χ2v) is 4.29. The molecule has 0 aliphatic carbocycles. The van der Waals surface area contributed by atoms with E-state index in [-0.39, 0.29) is 6.04 Å². The molecule has 6 nitrogen and oxygen atoms in total. The van der Waals surface area contributed by atoms with Crippen LogP contribution in [0.4, 0.5) is 0 Å². The number of imidazole rings is 1. The van der Waals surface area contributed by atoms with E-state index in [4.69, 9.17) is 15.3 Å². The standard InChI is InChI=1S/C14H20N4O2/c1-4-18-8-7-16-14(18)13(17-15)10-5-6-11(19-2)12(9-10)20-3/h5-9,13,17H,4,15H2,1-3H3. The fraction of sp³-hybridized carbons (Fsp3) is 0.357. The van der Waals surface area contributed by atoms with Crippen LogP contribution in [-0.4, -0.2) is 23.8 Å². The summed E-state index contributed by atoms with van der Waals surface area (Å²) in [6, 6.07) is 5.50. The molecular formula is C14H20N4O2. The number of rotatable bonds is 6. The Hall–Kier alpha value is -2.05. The van der Waals surface area contributed by atoms with Gasteiger partial charge in [-0.2, -0.15) is 0 Å². The van der Waals surface area contributed by atoms with Crippen LogP contribution in [0.1, 0.15) is 24.4 Å². The molecule has 0 saturated carbocycles. The summed E-state index contributed by atoms with van der Waals surface area (Å²) >= 11 is 0. The molecule has 3 N–H and O–H groups in total. The molecular weight excluding hydrogens is 256 g/mol. The van der Waals surface area contributed by atoms with E-state index in [1.807, 2.05) is 29.0 Å². The highest BCUT2D eigenvalue weighted by atomic mass is 16.5. The Labute approximate surface area is 118 Å². The molecule has 1 unspecified atom stereocenters. The number of ether oxygens (including phenoxy) is 2. The number of aromatic nitrogens is 2. The van der Waals surface area contributed by atoms with Crippen LogP contribution in [0.5, 0.6) is 11.5 Å². The Kier molecular flexibility index (Phi) is 4.60. The van der Waals surface area contributed by atoms with Crippen molar-refractivity contribution in [3.8, 4) is 11.5 Å². The van der Waals surface area contributed by atoms with Crippen molar-refractivity contribution in [3.05, 3.63) is 42.0 Å². The van der Waals surface area contributed by atoms with Crippen molar-refractivity contribution in [2.75, 3.05) is 14.2 Å². The van der Waals surface area contributed by atoms with Gasteiger partial charge in [-0.25, -0.2) is 10.4 Å². The van der Waals surface area contributed by atoms with Gasteiger partial charge in [-0.15, -0.1) is 0 Å². The zero-order valence-electron chi connectivity index (χ0n) is 12.0. The third-order valence-electron chi connectivity index (χ3n) is 3.25. The Morgan fingerprint density at radius 1 is 1.30 bits per heavy atom. The van der Waals surface area contributed by atoms with Crippen LogP contribution in [0.15, 0.2) is 30.6 Å². The van der Waals surface area contributed by atoms with Gasteiger partial charge in [-0.3, -0.25) is 5.84 Å². The number of nitrogens with zero attached hydrogens (tertiary/aromatic N) is 2. The minimum absolute atomic E-state index is 0.204. The largest absolute Gasteiger partial charge is 0.493 e. The quantitative estimate of drug-likeness (QED) is 0.617. The van der Waals surface area contributed by atoms with E-state index in [0.29, 0.717) is 11.5 Å². The van der Waals surface area contributed by atoms with Crippen molar-refractivity contribution in [1.82, 2.24) is 15.0 Å². The number of hydrogen-bond acceptors (Lipinski definition) is 5. The number of aryl methyl sites for hydroxylation is 1. The maximum Gasteiger partial charge on any atom is 0.161 e. The molecule has 1 heterocycles. The minimum atomic E-state index is -0.204. The SMILES string of the molecule is CCn1ccnc1C(NN)c1ccc(OC)c(OC)c1. The van der Waals surface area contributed by atoms with Crippen LogP contribution in [0.3, 0.4) is 0 Å². The minimum Gasteiger partial charge on any atom is -0.493 e. The Morgan fingerprint density at radius 2 is 2.05 bits per heavy atom. The van der Waals surface area contributed by atoms with Crippen molar-refractivity contribution < 1.29 is 9.47 Å². The smallest absolute Gasteiger partial charge is 0.161 e. The average molecular weight is 276 g/mol. The van der Waals surface area contributed by atoms with Gasteiger partial charge in [-0.1, -0.05) is 6.07 Å². The van der Waals surface area contributed by atoms with Gasteiger partial charge in [0.15, 0.2) is 11.5 Å². The molecule has 1 aromatic carbocycles. The van der Waals surface area contributed by atoms with E-state index in [9.17, 15) is 0 Å². The Balaban J connectivity index is 2.42. The monoisotopic (exact) mass is 276 g/mol. The second kappa shape index (κ2) is 6.40. The van der Waals surface area contributed by atoms with Crippen molar-refractivity contribution in [2.24, 2.45) is 5.84 Å². The first-order chi connectivity index (χ1) is 9.74. The van der Waals surface area contributed by atoms with Crippen molar-refractivity contribution >= 4 is 0 Å². The molecule has 108 valence electrons. The van der Waals surface area contributed by atoms with E-state index in [1.165, 1.54) is 0 Å². The van der Waals surface area contributed by atoms with Crippen LogP contribution in [-0.2, 0) is 6.54 Å². The van der Waals surface area contributed by atoms with E-state index < -0.39 is 0 Å². The molecule has 0 spiro atoms. The first-order valence-corrected chi connectivity index (χ1v) is 6.44. The lowest BCUT2D eigenvalue weighted by Crippen LogP contribution is -2.31. The van der Waals surface area contributed by atoms with E-state index in [1.54, 1.807) is 20.4 Å². The molecule has 0 aliphatic rings. The molecule has 0 saturated heterocycles. The van der Waals surface area contributed by atoms with E-state index >= 15 is 0 Å². The van der Waals surface area contributed by atoms with Crippen LogP contribution in [0, 0.1) is 0 Å². The van der Waals surface area contributed by atoms with Gasteiger partial charge < -0.3 is 14.0 Å². The second-order valence-electron chi connectivity index (χ2n) is 4.29. The molecule has 20 heavy (non-hydrogen) atoms. The van der Waals surface area contributed by atoms with Crippen LogP contribution >= 0.6 is 0 Å². The zero-order valence-corrected chi connectivity index (χ0v) is 12.0. The number of methoxy groups -OCH3 is 2. The maximum atomic E-state index is 5.71. The maximum absolute atomic E-state index is 5.71. The lowest BCUT2D eigenvalue weighted by molar-refractivity contribution is 0.354. The van der Waals surface area contributed by atoms with Gasteiger partial charge in [0.25, 0.3) is 0 Å². The summed E-state index contributed by atoms with van der Waals surface area (Å²) in [6.45, 7) is 2.90. The third kappa shape index (κ3) is 2.61. The number of hydrogen-bond donors (Lipinski definition) is 2. The summed E-state index contributed by atoms with van der Waals surface area (Å²) in [5.41, 5.74) is 3.77. The van der Waals surface area contributed by atoms with Gasteiger partial charge in [-0.05, 0) is 24.6 Å².